The second kappa shape index (κ2) is 10.3. The van der Waals surface area contributed by atoms with Gasteiger partial charge in [0.15, 0.2) is 5.96 Å². The van der Waals surface area contributed by atoms with Crippen LogP contribution in [-0.4, -0.2) is 39.9 Å². The van der Waals surface area contributed by atoms with E-state index in [-0.39, 0.29) is 24.0 Å². The molecule has 1 heterocycles. The quantitative estimate of drug-likeness (QED) is 0.271. The first-order valence-electron chi connectivity index (χ1n) is 9.71. The highest BCUT2D eigenvalue weighted by Crippen LogP contribution is 2.44. The number of hydrogen-bond donors (Lipinski definition) is 2. The molecule has 142 valence electrons. The van der Waals surface area contributed by atoms with E-state index in [0.717, 1.165) is 56.1 Å². The molecular weight excluding hydrogens is 427 g/mol. The van der Waals surface area contributed by atoms with Crippen molar-refractivity contribution in [2.24, 2.45) is 16.8 Å². The van der Waals surface area contributed by atoms with Gasteiger partial charge in [0.25, 0.3) is 0 Å². The van der Waals surface area contributed by atoms with Gasteiger partial charge in [-0.1, -0.05) is 26.7 Å². The summed E-state index contributed by atoms with van der Waals surface area (Å²) in [5.74, 6) is 3.85. The van der Waals surface area contributed by atoms with Gasteiger partial charge in [-0.2, -0.15) is 0 Å². The van der Waals surface area contributed by atoms with Crippen molar-refractivity contribution in [1.29, 1.82) is 0 Å². The number of unbranched alkanes of at least 4 members (excludes halogenated alkanes) is 1. The van der Waals surface area contributed by atoms with Gasteiger partial charge in [0.2, 0.25) is 0 Å². The molecule has 3 rings (SSSR count). The fourth-order valence-electron chi connectivity index (χ4n) is 4.13. The van der Waals surface area contributed by atoms with Crippen LogP contribution in [0.15, 0.2) is 11.3 Å². The molecule has 6 nitrogen and oxygen atoms in total. The van der Waals surface area contributed by atoms with Crippen molar-refractivity contribution in [3.8, 4) is 0 Å². The van der Waals surface area contributed by atoms with E-state index in [0.29, 0.717) is 6.04 Å². The van der Waals surface area contributed by atoms with Gasteiger partial charge in [0.1, 0.15) is 12.2 Å². The van der Waals surface area contributed by atoms with Crippen molar-refractivity contribution in [3.63, 3.8) is 0 Å². The van der Waals surface area contributed by atoms with Crippen LogP contribution in [0.4, 0.5) is 0 Å². The molecule has 3 atom stereocenters. The van der Waals surface area contributed by atoms with E-state index in [1.807, 2.05) is 6.33 Å². The van der Waals surface area contributed by atoms with Gasteiger partial charge in [-0.05, 0) is 37.5 Å². The maximum Gasteiger partial charge on any atom is 0.191 e. The van der Waals surface area contributed by atoms with Crippen LogP contribution in [0.3, 0.4) is 0 Å². The number of rotatable bonds is 8. The van der Waals surface area contributed by atoms with Gasteiger partial charge in [-0.3, -0.25) is 4.99 Å². The molecule has 25 heavy (non-hydrogen) atoms. The fraction of sp³-hybridized carbons (Fsp3) is 0.833. The van der Waals surface area contributed by atoms with Gasteiger partial charge < -0.3 is 15.2 Å². The summed E-state index contributed by atoms with van der Waals surface area (Å²) in [5, 5.41) is 15.4. The number of hydrogen-bond acceptors (Lipinski definition) is 3. The van der Waals surface area contributed by atoms with E-state index in [1.165, 1.54) is 32.1 Å². The monoisotopic (exact) mass is 460 g/mol. The van der Waals surface area contributed by atoms with Crippen LogP contribution in [0.25, 0.3) is 0 Å². The second-order valence-corrected chi connectivity index (χ2v) is 7.23. The zero-order valence-electron chi connectivity index (χ0n) is 15.6. The van der Waals surface area contributed by atoms with Gasteiger partial charge >= 0.3 is 0 Å². The molecule has 0 spiro atoms. The average Bonchev–Trinajstić information content (AvgIpc) is 3.31. The first-order chi connectivity index (χ1) is 11.8. The lowest BCUT2D eigenvalue weighted by Gasteiger charge is -2.25. The number of aliphatic imine (C=N–C) groups is 1. The zero-order chi connectivity index (χ0) is 16.8. The maximum atomic E-state index is 4.78. The predicted molar refractivity (Wildman–Crippen MR) is 112 cm³/mol. The lowest BCUT2D eigenvalue weighted by Crippen LogP contribution is -2.46. The third-order valence-electron chi connectivity index (χ3n) is 5.50. The van der Waals surface area contributed by atoms with Crippen molar-refractivity contribution in [3.05, 3.63) is 12.2 Å². The predicted octanol–water partition coefficient (Wildman–Crippen LogP) is 2.98. The molecule has 2 fully saturated rings. The Bertz CT molecular complexity index is 543. The van der Waals surface area contributed by atoms with Gasteiger partial charge in [-0.25, -0.2) is 0 Å². The topological polar surface area (TPSA) is 67.1 Å². The summed E-state index contributed by atoms with van der Waals surface area (Å²) < 4.78 is 2.12. The zero-order valence-corrected chi connectivity index (χ0v) is 17.9. The number of nitrogens with one attached hydrogen (secondary N) is 2. The summed E-state index contributed by atoms with van der Waals surface area (Å²) in [7, 11) is 0. The lowest BCUT2D eigenvalue weighted by molar-refractivity contribution is 0.387. The van der Waals surface area contributed by atoms with Crippen LogP contribution in [-0.2, 0) is 13.0 Å². The Balaban J connectivity index is 0.00000225. The summed E-state index contributed by atoms with van der Waals surface area (Å²) in [6.45, 7) is 6.96. The number of fused-ring (bicyclic) bond motifs is 2. The summed E-state index contributed by atoms with van der Waals surface area (Å²) in [4.78, 5) is 4.78. The standard InChI is InChI=1S/C18H32N6.HI/c1-3-5-8-19-18(22-16-12-14-6-7-15(16)11-14)20-9-10-24-13-21-23-17(24)4-2;/h13-16H,3-12H2,1-2H3,(H2,19,20,22);1H. The van der Waals surface area contributed by atoms with Crippen LogP contribution in [0.1, 0.15) is 58.2 Å². The number of aryl methyl sites for hydroxylation is 1. The van der Waals surface area contributed by atoms with Crippen molar-refractivity contribution < 1.29 is 0 Å². The Labute approximate surface area is 168 Å². The lowest BCUT2D eigenvalue weighted by atomic mass is 9.95. The highest BCUT2D eigenvalue weighted by molar-refractivity contribution is 14.0. The van der Waals surface area contributed by atoms with E-state index < -0.39 is 0 Å². The van der Waals surface area contributed by atoms with Crippen LogP contribution in [0, 0.1) is 11.8 Å². The van der Waals surface area contributed by atoms with Crippen molar-refractivity contribution in [2.45, 2.75) is 71.4 Å². The molecule has 7 heteroatoms. The molecule has 2 N–H and O–H groups in total. The van der Waals surface area contributed by atoms with Crippen molar-refractivity contribution >= 4 is 29.9 Å². The normalized spacial score (nSPS) is 25.0. The Morgan fingerprint density at radius 1 is 1.32 bits per heavy atom. The molecule has 0 radical (unpaired) electrons. The minimum absolute atomic E-state index is 0. The van der Waals surface area contributed by atoms with E-state index in [9.17, 15) is 0 Å². The number of halogens is 1. The van der Waals surface area contributed by atoms with E-state index in [1.54, 1.807) is 0 Å². The highest BCUT2D eigenvalue weighted by atomic mass is 127. The minimum Gasteiger partial charge on any atom is -0.355 e. The number of nitrogens with zero attached hydrogens (tertiary/aromatic N) is 4. The largest absolute Gasteiger partial charge is 0.355 e. The van der Waals surface area contributed by atoms with Crippen molar-refractivity contribution in [2.75, 3.05) is 13.1 Å². The molecule has 2 saturated carbocycles. The van der Waals surface area contributed by atoms with Crippen molar-refractivity contribution in [1.82, 2.24) is 25.4 Å². The second-order valence-electron chi connectivity index (χ2n) is 7.23. The van der Waals surface area contributed by atoms with Crippen LogP contribution in [0.5, 0.6) is 0 Å². The third-order valence-corrected chi connectivity index (χ3v) is 5.50. The summed E-state index contributed by atoms with van der Waals surface area (Å²) >= 11 is 0. The first-order valence-corrected chi connectivity index (χ1v) is 9.71. The summed E-state index contributed by atoms with van der Waals surface area (Å²) in [6, 6.07) is 0.623. The Morgan fingerprint density at radius 2 is 2.20 bits per heavy atom. The maximum absolute atomic E-state index is 4.78. The Kier molecular flexibility index (Phi) is 8.45. The Morgan fingerprint density at radius 3 is 2.88 bits per heavy atom. The molecule has 1 aromatic heterocycles. The Hall–Kier alpha value is -0.860. The van der Waals surface area contributed by atoms with Gasteiger partial charge in [0.05, 0.1) is 0 Å². The molecule has 3 unspecified atom stereocenters. The van der Waals surface area contributed by atoms with E-state index in [4.69, 9.17) is 4.99 Å². The molecule has 2 aliphatic rings. The number of guanidine groups is 1. The smallest absolute Gasteiger partial charge is 0.191 e. The molecular formula is C18H33IN6. The highest BCUT2D eigenvalue weighted by Gasteiger charge is 2.39. The average molecular weight is 460 g/mol. The van der Waals surface area contributed by atoms with E-state index >= 15 is 0 Å². The van der Waals surface area contributed by atoms with Gasteiger partial charge in [-0.15, -0.1) is 34.2 Å². The molecule has 0 aliphatic heterocycles. The van der Waals surface area contributed by atoms with Crippen LogP contribution < -0.4 is 10.6 Å². The first kappa shape index (κ1) is 20.5. The molecule has 1 aromatic rings. The number of aromatic nitrogens is 3. The molecule has 2 bridgehead atoms. The third kappa shape index (κ3) is 5.56. The summed E-state index contributed by atoms with van der Waals surface area (Å²) in [6.07, 6.45) is 10.6. The molecule has 0 amide bonds. The minimum atomic E-state index is 0. The van der Waals surface area contributed by atoms with Gasteiger partial charge in [0, 0.05) is 32.1 Å². The molecule has 0 aromatic carbocycles. The fourth-order valence-corrected chi connectivity index (χ4v) is 4.13. The van der Waals surface area contributed by atoms with Crippen LogP contribution >= 0.6 is 24.0 Å². The van der Waals surface area contributed by atoms with Crippen LogP contribution in [0.2, 0.25) is 0 Å². The summed E-state index contributed by atoms with van der Waals surface area (Å²) in [5.41, 5.74) is 0. The molecule has 0 saturated heterocycles. The molecule has 2 aliphatic carbocycles. The SMILES string of the molecule is CCCCN=C(NCCn1cnnc1CC)NC1CC2CCC1C2.I. The van der Waals surface area contributed by atoms with E-state index in [2.05, 4.69) is 39.2 Å².